The normalized spacial score (nSPS) is 16.9. The summed E-state index contributed by atoms with van der Waals surface area (Å²) < 4.78 is 0. The maximum atomic E-state index is 9.54. The molecule has 0 fully saturated rings. The van der Waals surface area contributed by atoms with Crippen molar-refractivity contribution in [1.29, 1.82) is 0 Å². The molecule has 0 amide bonds. The van der Waals surface area contributed by atoms with Gasteiger partial charge in [0.1, 0.15) is 0 Å². The maximum Gasteiger partial charge on any atom is 0.0588 e. The van der Waals surface area contributed by atoms with E-state index in [-0.39, 0.29) is 12.7 Å². The highest BCUT2D eigenvalue weighted by molar-refractivity contribution is 4.67. The van der Waals surface area contributed by atoms with Crippen molar-refractivity contribution in [3.05, 3.63) is 0 Å². The van der Waals surface area contributed by atoms with Gasteiger partial charge in [0.05, 0.1) is 6.10 Å². The molecule has 2 heteroatoms. The molecule has 0 rings (SSSR count). The van der Waals surface area contributed by atoms with E-state index in [1.807, 2.05) is 20.8 Å². The van der Waals surface area contributed by atoms with Crippen LogP contribution >= 0.6 is 0 Å². The fraction of sp³-hybridized carbons (Fsp3) is 1.00. The van der Waals surface area contributed by atoms with Gasteiger partial charge in [0, 0.05) is 6.61 Å². The lowest BCUT2D eigenvalue weighted by atomic mass is 9.91. The third-order valence-corrected chi connectivity index (χ3v) is 2.08. The topological polar surface area (TPSA) is 40.5 Å². The van der Waals surface area contributed by atoms with Crippen molar-refractivity contribution in [3.63, 3.8) is 0 Å². The summed E-state index contributed by atoms with van der Waals surface area (Å²) in [5.41, 5.74) is 0. The number of hydrogen-bond acceptors (Lipinski definition) is 2. The Labute approximate surface area is 69.2 Å². The standard InChI is InChI=1S/C9H20O2/c1-7(2)9(11)8(3)5-4-6-10/h7-11H,4-6H2,1-3H3/t8-,9+/m1/s1. The van der Waals surface area contributed by atoms with Crippen molar-refractivity contribution >= 4 is 0 Å². The molecule has 0 aromatic rings. The molecular formula is C9H20O2. The van der Waals surface area contributed by atoms with Crippen molar-refractivity contribution in [2.24, 2.45) is 11.8 Å². The van der Waals surface area contributed by atoms with Gasteiger partial charge in [-0.05, 0) is 24.7 Å². The average Bonchev–Trinajstić information content (AvgIpc) is 1.98. The minimum absolute atomic E-state index is 0.221. The van der Waals surface area contributed by atoms with Crippen LogP contribution in [0.2, 0.25) is 0 Å². The van der Waals surface area contributed by atoms with E-state index in [9.17, 15) is 5.11 Å². The van der Waals surface area contributed by atoms with Gasteiger partial charge in [-0.2, -0.15) is 0 Å². The minimum atomic E-state index is -0.221. The largest absolute Gasteiger partial charge is 0.396 e. The fourth-order valence-electron chi connectivity index (χ4n) is 1.24. The van der Waals surface area contributed by atoms with Crippen molar-refractivity contribution in [2.45, 2.75) is 39.7 Å². The third-order valence-electron chi connectivity index (χ3n) is 2.08. The molecule has 2 N–H and O–H groups in total. The van der Waals surface area contributed by atoms with E-state index in [1.54, 1.807) is 0 Å². The predicted octanol–water partition coefficient (Wildman–Crippen LogP) is 1.41. The summed E-state index contributed by atoms with van der Waals surface area (Å²) in [6, 6.07) is 0. The van der Waals surface area contributed by atoms with Crippen molar-refractivity contribution in [1.82, 2.24) is 0 Å². The molecule has 0 aromatic heterocycles. The number of aliphatic hydroxyl groups is 2. The zero-order chi connectivity index (χ0) is 8.85. The highest BCUT2D eigenvalue weighted by Gasteiger charge is 2.16. The molecule has 0 heterocycles. The van der Waals surface area contributed by atoms with E-state index in [1.165, 1.54) is 0 Å². The molecule has 0 radical (unpaired) electrons. The number of aliphatic hydroxyl groups excluding tert-OH is 2. The van der Waals surface area contributed by atoms with E-state index < -0.39 is 0 Å². The van der Waals surface area contributed by atoms with E-state index in [0.29, 0.717) is 11.8 Å². The Morgan fingerprint density at radius 3 is 2.09 bits per heavy atom. The molecule has 11 heavy (non-hydrogen) atoms. The molecule has 0 aliphatic rings. The Balaban J connectivity index is 3.55. The summed E-state index contributed by atoms with van der Waals surface area (Å²) in [5.74, 6) is 0.630. The number of rotatable bonds is 5. The molecule has 2 nitrogen and oxygen atoms in total. The zero-order valence-corrected chi connectivity index (χ0v) is 7.75. The van der Waals surface area contributed by atoms with Crippen molar-refractivity contribution < 1.29 is 10.2 Å². The van der Waals surface area contributed by atoms with E-state index in [0.717, 1.165) is 12.8 Å². The van der Waals surface area contributed by atoms with Crippen LogP contribution in [-0.4, -0.2) is 22.9 Å². The van der Waals surface area contributed by atoms with Gasteiger partial charge in [0.15, 0.2) is 0 Å². The highest BCUT2D eigenvalue weighted by Crippen LogP contribution is 2.16. The molecule has 0 bridgehead atoms. The SMILES string of the molecule is CC(C)[C@H](O)[C@H](C)CCCO. The molecule has 0 spiro atoms. The monoisotopic (exact) mass is 160 g/mol. The van der Waals surface area contributed by atoms with Gasteiger partial charge >= 0.3 is 0 Å². The highest BCUT2D eigenvalue weighted by atomic mass is 16.3. The van der Waals surface area contributed by atoms with E-state index in [4.69, 9.17) is 5.11 Å². The zero-order valence-electron chi connectivity index (χ0n) is 7.75. The Morgan fingerprint density at radius 2 is 1.73 bits per heavy atom. The van der Waals surface area contributed by atoms with Gasteiger partial charge < -0.3 is 10.2 Å². The first-order valence-corrected chi connectivity index (χ1v) is 4.38. The van der Waals surface area contributed by atoms with Crippen LogP contribution in [-0.2, 0) is 0 Å². The van der Waals surface area contributed by atoms with Gasteiger partial charge in [0.2, 0.25) is 0 Å². The van der Waals surface area contributed by atoms with Crippen LogP contribution in [0.4, 0.5) is 0 Å². The van der Waals surface area contributed by atoms with E-state index >= 15 is 0 Å². The molecule has 68 valence electrons. The Hall–Kier alpha value is -0.0800. The molecule has 0 saturated heterocycles. The van der Waals surface area contributed by atoms with Crippen molar-refractivity contribution in [2.75, 3.05) is 6.61 Å². The molecule has 0 aliphatic heterocycles. The first-order chi connectivity index (χ1) is 5.09. The van der Waals surface area contributed by atoms with Crippen molar-refractivity contribution in [3.8, 4) is 0 Å². The molecule has 0 saturated carbocycles. The summed E-state index contributed by atoms with van der Waals surface area (Å²) in [6.07, 6.45) is 1.49. The van der Waals surface area contributed by atoms with Gasteiger partial charge in [-0.25, -0.2) is 0 Å². The minimum Gasteiger partial charge on any atom is -0.396 e. The summed E-state index contributed by atoms with van der Waals surface area (Å²) in [7, 11) is 0. The quantitative estimate of drug-likeness (QED) is 0.638. The third kappa shape index (κ3) is 4.38. The molecule has 0 unspecified atom stereocenters. The number of hydrogen-bond donors (Lipinski definition) is 2. The van der Waals surface area contributed by atoms with Crippen LogP contribution in [0.3, 0.4) is 0 Å². The first-order valence-electron chi connectivity index (χ1n) is 4.38. The van der Waals surface area contributed by atoms with Gasteiger partial charge in [-0.1, -0.05) is 20.8 Å². The summed E-state index contributed by atoms with van der Waals surface area (Å²) in [4.78, 5) is 0. The van der Waals surface area contributed by atoms with Gasteiger partial charge in [-0.3, -0.25) is 0 Å². The van der Waals surface area contributed by atoms with Crippen LogP contribution in [0.25, 0.3) is 0 Å². The lowest BCUT2D eigenvalue weighted by Crippen LogP contribution is -2.23. The fourth-order valence-corrected chi connectivity index (χ4v) is 1.24. The maximum absolute atomic E-state index is 9.54. The van der Waals surface area contributed by atoms with Crippen LogP contribution < -0.4 is 0 Å². The summed E-state index contributed by atoms with van der Waals surface area (Å²) in [5, 5.41) is 18.1. The predicted molar refractivity (Wildman–Crippen MR) is 46.3 cm³/mol. The molecule has 0 aromatic carbocycles. The average molecular weight is 160 g/mol. The van der Waals surface area contributed by atoms with Crippen LogP contribution in [0, 0.1) is 11.8 Å². The molecule has 0 aliphatic carbocycles. The van der Waals surface area contributed by atoms with E-state index in [2.05, 4.69) is 0 Å². The summed E-state index contributed by atoms with van der Waals surface area (Å²) in [6.45, 7) is 6.29. The second-order valence-electron chi connectivity index (χ2n) is 3.58. The van der Waals surface area contributed by atoms with Gasteiger partial charge in [-0.15, -0.1) is 0 Å². The summed E-state index contributed by atoms with van der Waals surface area (Å²) >= 11 is 0. The Kier molecular flexibility index (Phi) is 5.51. The smallest absolute Gasteiger partial charge is 0.0588 e. The van der Waals surface area contributed by atoms with Gasteiger partial charge in [0.25, 0.3) is 0 Å². The second kappa shape index (κ2) is 5.56. The lowest BCUT2D eigenvalue weighted by molar-refractivity contribution is 0.0651. The van der Waals surface area contributed by atoms with Crippen LogP contribution in [0.15, 0.2) is 0 Å². The lowest BCUT2D eigenvalue weighted by Gasteiger charge is -2.21. The van der Waals surface area contributed by atoms with Crippen LogP contribution in [0.1, 0.15) is 33.6 Å². The molecular weight excluding hydrogens is 140 g/mol. The second-order valence-corrected chi connectivity index (χ2v) is 3.58. The Morgan fingerprint density at radius 1 is 1.18 bits per heavy atom. The Bertz CT molecular complexity index is 91.6. The van der Waals surface area contributed by atoms with Crippen LogP contribution in [0.5, 0.6) is 0 Å². The first kappa shape index (κ1) is 10.9. The molecule has 2 atom stereocenters.